The Balaban J connectivity index is 2.21. The summed E-state index contributed by atoms with van der Waals surface area (Å²) in [7, 11) is 1.48. The smallest absolute Gasteiger partial charge is 0.317 e. The number of nitrogens with zero attached hydrogens (tertiary/aromatic N) is 2. The first-order valence-electron chi connectivity index (χ1n) is 5.38. The number of carbonyl (C=O) groups excluding carboxylic acids is 2. The van der Waals surface area contributed by atoms with E-state index < -0.39 is 0 Å². The first-order chi connectivity index (χ1) is 8.13. The van der Waals surface area contributed by atoms with Crippen molar-refractivity contribution in [3.8, 4) is 0 Å². The predicted molar refractivity (Wildman–Crippen MR) is 60.7 cm³/mol. The average Bonchev–Trinajstić information content (AvgIpc) is 2.73. The highest BCUT2D eigenvalue weighted by atomic mass is 16.6. The van der Waals surface area contributed by atoms with Gasteiger partial charge in [-0.25, -0.2) is 4.79 Å². The second-order valence-corrected chi connectivity index (χ2v) is 3.58. The fourth-order valence-electron chi connectivity index (χ4n) is 1.48. The van der Waals surface area contributed by atoms with Gasteiger partial charge in [0.15, 0.2) is 0 Å². The van der Waals surface area contributed by atoms with Crippen molar-refractivity contribution < 1.29 is 19.2 Å². The normalized spacial score (nSPS) is 17.1. The maximum absolute atomic E-state index is 11.6. The molecule has 0 bridgehead atoms. The maximum atomic E-state index is 11.6. The van der Waals surface area contributed by atoms with E-state index in [9.17, 15) is 9.59 Å². The number of oxime groups is 1. The van der Waals surface area contributed by atoms with Crippen LogP contribution in [-0.4, -0.2) is 56.0 Å². The van der Waals surface area contributed by atoms with E-state index in [2.05, 4.69) is 15.3 Å². The molecule has 7 heteroatoms. The maximum Gasteiger partial charge on any atom is 0.317 e. The second kappa shape index (κ2) is 6.72. The van der Waals surface area contributed by atoms with Crippen molar-refractivity contribution in [2.45, 2.75) is 13.3 Å². The Morgan fingerprint density at radius 3 is 2.94 bits per heavy atom. The lowest BCUT2D eigenvalue weighted by Crippen LogP contribution is -2.40. The molecule has 0 aromatic heterocycles. The lowest BCUT2D eigenvalue weighted by atomic mass is 10.3. The van der Waals surface area contributed by atoms with Gasteiger partial charge in [0.1, 0.15) is 13.7 Å². The van der Waals surface area contributed by atoms with Gasteiger partial charge in [0.25, 0.3) is 0 Å². The van der Waals surface area contributed by atoms with E-state index in [4.69, 9.17) is 4.74 Å². The van der Waals surface area contributed by atoms with Gasteiger partial charge >= 0.3 is 12.0 Å². The molecule has 2 amide bonds. The van der Waals surface area contributed by atoms with Crippen LogP contribution in [0.3, 0.4) is 0 Å². The van der Waals surface area contributed by atoms with Crippen molar-refractivity contribution in [3.05, 3.63) is 0 Å². The molecule has 96 valence electrons. The Morgan fingerprint density at radius 2 is 2.29 bits per heavy atom. The van der Waals surface area contributed by atoms with Gasteiger partial charge in [-0.15, -0.1) is 0 Å². The first kappa shape index (κ1) is 13.3. The van der Waals surface area contributed by atoms with Crippen LogP contribution in [0.4, 0.5) is 4.79 Å². The third kappa shape index (κ3) is 4.71. The fourth-order valence-corrected chi connectivity index (χ4v) is 1.48. The molecule has 1 rings (SSSR count). The summed E-state index contributed by atoms with van der Waals surface area (Å²) in [5.41, 5.74) is 0.850. The number of nitrogens with one attached hydrogen (secondary N) is 1. The summed E-state index contributed by atoms with van der Waals surface area (Å²) in [6, 6.07) is -0.182. The van der Waals surface area contributed by atoms with Gasteiger partial charge in [0, 0.05) is 19.9 Å². The molecule has 0 aromatic carbocycles. The molecule has 0 unspecified atom stereocenters. The van der Waals surface area contributed by atoms with Crippen molar-refractivity contribution in [1.29, 1.82) is 0 Å². The number of urea groups is 1. The van der Waals surface area contributed by atoms with Crippen LogP contribution in [0.5, 0.6) is 0 Å². The third-order valence-corrected chi connectivity index (χ3v) is 2.23. The zero-order valence-corrected chi connectivity index (χ0v) is 10.1. The molecule has 1 N–H and O–H groups in total. The highest BCUT2D eigenvalue weighted by Gasteiger charge is 2.22. The van der Waals surface area contributed by atoms with Gasteiger partial charge in [-0.3, -0.25) is 4.79 Å². The standard InChI is InChI=1S/C10H17N3O4/c1-8(14)17-6-4-11-10(15)13-5-3-9(7-13)12-16-2/h3-7H2,1-2H3,(H,11,15)/b12-9-. The average molecular weight is 243 g/mol. The molecule has 17 heavy (non-hydrogen) atoms. The van der Waals surface area contributed by atoms with E-state index in [1.165, 1.54) is 14.0 Å². The molecule has 1 saturated heterocycles. The number of likely N-dealkylation sites (tertiary alicyclic amines) is 1. The molecule has 1 fully saturated rings. The first-order valence-corrected chi connectivity index (χ1v) is 5.38. The van der Waals surface area contributed by atoms with Crippen LogP contribution in [0, 0.1) is 0 Å². The van der Waals surface area contributed by atoms with Crippen molar-refractivity contribution in [2.24, 2.45) is 5.16 Å². The lowest BCUT2D eigenvalue weighted by molar-refractivity contribution is -0.140. The quantitative estimate of drug-likeness (QED) is 0.427. The Labute approximate surface area is 99.7 Å². The van der Waals surface area contributed by atoms with Crippen molar-refractivity contribution in [1.82, 2.24) is 10.2 Å². The van der Waals surface area contributed by atoms with Gasteiger partial charge in [-0.2, -0.15) is 0 Å². The minimum absolute atomic E-state index is 0.182. The molecule has 1 aliphatic heterocycles. The number of carbonyl (C=O) groups is 2. The summed E-state index contributed by atoms with van der Waals surface area (Å²) in [4.78, 5) is 28.4. The largest absolute Gasteiger partial charge is 0.464 e. The Bertz CT molecular complexity index is 317. The molecular weight excluding hydrogens is 226 g/mol. The predicted octanol–water partition coefficient (Wildman–Crippen LogP) is -0.0328. The number of esters is 1. The zero-order chi connectivity index (χ0) is 12.7. The summed E-state index contributed by atoms with van der Waals surface area (Å²) in [5.74, 6) is -0.352. The molecule has 0 spiro atoms. The van der Waals surface area contributed by atoms with E-state index in [1.54, 1.807) is 4.90 Å². The molecular formula is C10H17N3O4. The number of hydrogen-bond acceptors (Lipinski definition) is 5. The van der Waals surface area contributed by atoms with Crippen LogP contribution in [0.15, 0.2) is 5.16 Å². The van der Waals surface area contributed by atoms with Crippen LogP contribution in [0.25, 0.3) is 0 Å². The van der Waals surface area contributed by atoms with Crippen LogP contribution in [0.1, 0.15) is 13.3 Å². The highest BCUT2D eigenvalue weighted by molar-refractivity contribution is 5.92. The summed E-state index contributed by atoms with van der Waals surface area (Å²) in [6.07, 6.45) is 0.727. The summed E-state index contributed by atoms with van der Waals surface area (Å²) in [6.45, 7) is 2.93. The van der Waals surface area contributed by atoms with Gasteiger partial charge in [0.2, 0.25) is 0 Å². The Kier molecular flexibility index (Phi) is 5.25. The Morgan fingerprint density at radius 1 is 1.53 bits per heavy atom. The molecule has 0 aromatic rings. The van der Waals surface area contributed by atoms with Crippen molar-refractivity contribution in [3.63, 3.8) is 0 Å². The van der Waals surface area contributed by atoms with Crippen LogP contribution < -0.4 is 5.32 Å². The van der Waals surface area contributed by atoms with Crippen LogP contribution in [0.2, 0.25) is 0 Å². The van der Waals surface area contributed by atoms with E-state index in [0.717, 1.165) is 12.1 Å². The monoisotopic (exact) mass is 243 g/mol. The molecule has 0 saturated carbocycles. The van der Waals surface area contributed by atoms with E-state index in [0.29, 0.717) is 19.6 Å². The molecule has 0 radical (unpaired) electrons. The highest BCUT2D eigenvalue weighted by Crippen LogP contribution is 2.06. The number of hydrogen-bond donors (Lipinski definition) is 1. The fraction of sp³-hybridized carbons (Fsp3) is 0.700. The van der Waals surface area contributed by atoms with Crippen molar-refractivity contribution >= 4 is 17.7 Å². The number of ether oxygens (including phenoxy) is 1. The van der Waals surface area contributed by atoms with Crippen LogP contribution in [-0.2, 0) is 14.4 Å². The summed E-state index contributed by atoms with van der Waals surface area (Å²) < 4.78 is 4.70. The molecule has 1 aliphatic rings. The van der Waals surface area contributed by atoms with Gasteiger partial charge in [-0.1, -0.05) is 5.16 Å². The van der Waals surface area contributed by atoms with Gasteiger partial charge < -0.3 is 19.8 Å². The molecule has 0 aliphatic carbocycles. The minimum atomic E-state index is -0.352. The topological polar surface area (TPSA) is 80.2 Å². The number of amides is 2. The zero-order valence-electron chi connectivity index (χ0n) is 10.1. The SMILES string of the molecule is CO/N=C1/CCN(C(=O)NCCOC(C)=O)C1. The summed E-state index contributed by atoms with van der Waals surface area (Å²) in [5, 5.41) is 6.46. The molecule has 1 heterocycles. The Hall–Kier alpha value is -1.79. The van der Waals surface area contributed by atoms with Crippen LogP contribution >= 0.6 is 0 Å². The lowest BCUT2D eigenvalue weighted by Gasteiger charge is -2.15. The second-order valence-electron chi connectivity index (χ2n) is 3.58. The van der Waals surface area contributed by atoms with E-state index in [-0.39, 0.29) is 18.6 Å². The molecule has 0 atom stereocenters. The third-order valence-electron chi connectivity index (χ3n) is 2.23. The van der Waals surface area contributed by atoms with E-state index in [1.807, 2.05) is 0 Å². The summed E-state index contributed by atoms with van der Waals surface area (Å²) >= 11 is 0. The minimum Gasteiger partial charge on any atom is -0.464 e. The van der Waals surface area contributed by atoms with Gasteiger partial charge in [0.05, 0.1) is 18.8 Å². The van der Waals surface area contributed by atoms with Gasteiger partial charge in [-0.05, 0) is 0 Å². The van der Waals surface area contributed by atoms with E-state index >= 15 is 0 Å². The van der Waals surface area contributed by atoms with Crippen molar-refractivity contribution in [2.75, 3.05) is 33.4 Å². The molecule has 7 nitrogen and oxygen atoms in total. The number of rotatable bonds is 4.